The molecule has 0 aliphatic heterocycles. The zero-order valence-corrected chi connectivity index (χ0v) is 14.6. The number of nitrogens with zero attached hydrogens (tertiary/aromatic N) is 2. The first-order valence-corrected chi connectivity index (χ1v) is 7.93. The molecule has 0 spiro atoms. The van der Waals surface area contributed by atoms with Gasteiger partial charge in [-0.1, -0.05) is 23.7 Å². The lowest BCUT2D eigenvalue weighted by atomic mass is 9.90. The van der Waals surface area contributed by atoms with Crippen molar-refractivity contribution in [3.05, 3.63) is 46.7 Å². The molecular weight excluding hydrogens is 330 g/mol. The molecule has 0 atom stereocenters. The molecule has 0 saturated carbocycles. The highest BCUT2D eigenvalue weighted by molar-refractivity contribution is 6.32. The number of benzene rings is 1. The van der Waals surface area contributed by atoms with Crippen LogP contribution < -0.4 is 5.32 Å². The van der Waals surface area contributed by atoms with Gasteiger partial charge in [0.1, 0.15) is 0 Å². The molecule has 0 fully saturated rings. The lowest BCUT2D eigenvalue weighted by molar-refractivity contribution is -0.147. The molecule has 0 aliphatic rings. The number of hydrogen-bond acceptors (Lipinski definition) is 3. The standard InChI is InChI=1S/C17H20ClN3O3/c1-11-12(15(22)19-9-8-17(2,3)16(23)24)10-20-21(11)14-7-5-4-6-13(14)18/h4-7,10H,8-9H2,1-3H3,(H,19,22)(H,23,24). The van der Waals surface area contributed by atoms with Crippen LogP contribution in [0.3, 0.4) is 0 Å². The molecule has 0 saturated heterocycles. The normalized spacial score (nSPS) is 11.3. The van der Waals surface area contributed by atoms with E-state index in [1.165, 1.54) is 6.20 Å². The summed E-state index contributed by atoms with van der Waals surface area (Å²) in [4.78, 5) is 23.4. The van der Waals surface area contributed by atoms with Crippen LogP contribution in [0, 0.1) is 12.3 Å². The molecule has 2 aromatic rings. The fraction of sp³-hybridized carbons (Fsp3) is 0.353. The minimum Gasteiger partial charge on any atom is -0.481 e. The Hall–Kier alpha value is -2.34. The zero-order chi connectivity index (χ0) is 17.9. The van der Waals surface area contributed by atoms with Crippen LogP contribution in [-0.2, 0) is 4.79 Å². The molecule has 0 unspecified atom stereocenters. The Bertz CT molecular complexity index is 768. The highest BCUT2D eigenvalue weighted by Crippen LogP contribution is 2.22. The highest BCUT2D eigenvalue weighted by Gasteiger charge is 2.27. The quantitative estimate of drug-likeness (QED) is 0.839. The van der Waals surface area contributed by atoms with Crippen LogP contribution in [0.4, 0.5) is 0 Å². The van der Waals surface area contributed by atoms with Gasteiger partial charge in [0.25, 0.3) is 5.91 Å². The molecule has 2 N–H and O–H groups in total. The Labute approximate surface area is 145 Å². The molecule has 7 heteroatoms. The molecule has 2 rings (SSSR count). The van der Waals surface area contributed by atoms with Crippen LogP contribution >= 0.6 is 11.6 Å². The third kappa shape index (κ3) is 3.76. The number of carbonyl (C=O) groups is 2. The predicted octanol–water partition coefficient (Wildman–Crippen LogP) is 3.06. The van der Waals surface area contributed by atoms with E-state index < -0.39 is 11.4 Å². The molecule has 6 nitrogen and oxygen atoms in total. The molecule has 1 heterocycles. The van der Waals surface area contributed by atoms with Gasteiger partial charge >= 0.3 is 5.97 Å². The summed E-state index contributed by atoms with van der Waals surface area (Å²) in [6.07, 6.45) is 1.82. The molecule has 0 aliphatic carbocycles. The van der Waals surface area contributed by atoms with Crippen LogP contribution in [0.2, 0.25) is 5.02 Å². The summed E-state index contributed by atoms with van der Waals surface area (Å²) in [5, 5.41) is 16.6. The largest absolute Gasteiger partial charge is 0.481 e. The molecular formula is C17H20ClN3O3. The number of hydrogen-bond donors (Lipinski definition) is 2. The second-order valence-electron chi connectivity index (χ2n) is 6.20. The number of carbonyl (C=O) groups excluding carboxylic acids is 1. The molecule has 128 valence electrons. The second-order valence-corrected chi connectivity index (χ2v) is 6.61. The van der Waals surface area contributed by atoms with Crippen molar-refractivity contribution in [1.29, 1.82) is 0 Å². The fourth-order valence-electron chi connectivity index (χ4n) is 2.19. The van der Waals surface area contributed by atoms with E-state index in [1.54, 1.807) is 31.5 Å². The number of rotatable bonds is 6. The summed E-state index contributed by atoms with van der Waals surface area (Å²) in [7, 11) is 0. The van der Waals surface area contributed by atoms with Crippen molar-refractivity contribution in [3.63, 3.8) is 0 Å². The lowest BCUT2D eigenvalue weighted by Crippen LogP contribution is -2.32. The highest BCUT2D eigenvalue weighted by atomic mass is 35.5. The second kappa shape index (κ2) is 7.05. The number of nitrogens with one attached hydrogen (secondary N) is 1. The molecule has 0 bridgehead atoms. The van der Waals surface area contributed by atoms with Gasteiger partial charge in [-0.25, -0.2) is 4.68 Å². The molecule has 1 aromatic carbocycles. The van der Waals surface area contributed by atoms with Gasteiger partial charge in [0.2, 0.25) is 0 Å². The molecule has 24 heavy (non-hydrogen) atoms. The van der Waals surface area contributed by atoms with Crippen LogP contribution in [0.15, 0.2) is 30.5 Å². The van der Waals surface area contributed by atoms with Crippen molar-refractivity contribution >= 4 is 23.5 Å². The molecule has 1 amide bonds. The first-order chi connectivity index (χ1) is 11.2. The predicted molar refractivity (Wildman–Crippen MR) is 91.7 cm³/mol. The van der Waals surface area contributed by atoms with E-state index in [0.717, 1.165) is 0 Å². The van der Waals surface area contributed by atoms with Gasteiger partial charge in [0.15, 0.2) is 0 Å². The van der Waals surface area contributed by atoms with E-state index in [4.69, 9.17) is 16.7 Å². The van der Waals surface area contributed by atoms with Crippen molar-refractivity contribution in [2.75, 3.05) is 6.54 Å². The average Bonchev–Trinajstić information content (AvgIpc) is 2.89. The zero-order valence-electron chi connectivity index (χ0n) is 13.8. The van der Waals surface area contributed by atoms with Crippen molar-refractivity contribution in [1.82, 2.24) is 15.1 Å². The SMILES string of the molecule is Cc1c(C(=O)NCCC(C)(C)C(=O)O)cnn1-c1ccccc1Cl. The van der Waals surface area contributed by atoms with E-state index in [2.05, 4.69) is 10.4 Å². The van der Waals surface area contributed by atoms with Crippen LogP contribution in [-0.4, -0.2) is 33.3 Å². The average molecular weight is 350 g/mol. The van der Waals surface area contributed by atoms with Crippen molar-refractivity contribution in [2.24, 2.45) is 5.41 Å². The van der Waals surface area contributed by atoms with Gasteiger partial charge in [-0.3, -0.25) is 9.59 Å². The van der Waals surface area contributed by atoms with Gasteiger partial charge in [0.05, 0.1) is 33.6 Å². The van der Waals surface area contributed by atoms with Crippen LogP contribution in [0.5, 0.6) is 0 Å². The number of halogens is 1. The summed E-state index contributed by atoms with van der Waals surface area (Å²) < 4.78 is 1.61. The minimum absolute atomic E-state index is 0.273. The number of para-hydroxylation sites is 1. The third-order valence-electron chi connectivity index (χ3n) is 3.95. The monoisotopic (exact) mass is 349 g/mol. The first-order valence-electron chi connectivity index (χ1n) is 7.55. The third-order valence-corrected chi connectivity index (χ3v) is 4.27. The summed E-state index contributed by atoms with van der Waals surface area (Å²) in [6.45, 7) is 5.31. The van der Waals surface area contributed by atoms with Crippen molar-refractivity contribution < 1.29 is 14.7 Å². The Morgan fingerprint density at radius 2 is 2.00 bits per heavy atom. The maximum absolute atomic E-state index is 12.3. The number of aliphatic carboxylic acids is 1. The first kappa shape index (κ1) is 18.0. The summed E-state index contributed by atoms with van der Waals surface area (Å²) in [5.41, 5.74) is 0.910. The Morgan fingerprint density at radius 3 is 2.62 bits per heavy atom. The number of amides is 1. The van der Waals surface area contributed by atoms with E-state index in [-0.39, 0.29) is 12.5 Å². The van der Waals surface area contributed by atoms with Gasteiger partial charge in [-0.2, -0.15) is 5.10 Å². The van der Waals surface area contributed by atoms with Gasteiger partial charge in [-0.05, 0) is 39.3 Å². The van der Waals surface area contributed by atoms with Crippen molar-refractivity contribution in [3.8, 4) is 5.69 Å². The molecule has 1 aromatic heterocycles. The van der Waals surface area contributed by atoms with Crippen molar-refractivity contribution in [2.45, 2.75) is 27.2 Å². The van der Waals surface area contributed by atoms with E-state index in [1.807, 2.05) is 18.2 Å². The number of carboxylic acid groups (broad SMARTS) is 1. The minimum atomic E-state index is -0.889. The van der Waals surface area contributed by atoms with E-state index >= 15 is 0 Å². The molecule has 0 radical (unpaired) electrons. The fourth-order valence-corrected chi connectivity index (χ4v) is 2.41. The number of carboxylic acids is 1. The van der Waals surface area contributed by atoms with E-state index in [9.17, 15) is 9.59 Å². The topological polar surface area (TPSA) is 84.2 Å². The van der Waals surface area contributed by atoms with Crippen LogP contribution in [0.1, 0.15) is 36.3 Å². The number of aromatic nitrogens is 2. The lowest BCUT2D eigenvalue weighted by Gasteiger charge is -2.18. The summed E-state index contributed by atoms with van der Waals surface area (Å²) in [5.74, 6) is -1.17. The van der Waals surface area contributed by atoms with Gasteiger partial charge in [-0.15, -0.1) is 0 Å². The summed E-state index contributed by atoms with van der Waals surface area (Å²) >= 11 is 6.17. The van der Waals surface area contributed by atoms with Crippen LogP contribution in [0.25, 0.3) is 5.69 Å². The summed E-state index contributed by atoms with van der Waals surface area (Å²) in [6, 6.07) is 7.24. The Morgan fingerprint density at radius 1 is 1.33 bits per heavy atom. The van der Waals surface area contributed by atoms with Gasteiger partial charge < -0.3 is 10.4 Å². The maximum atomic E-state index is 12.3. The smallest absolute Gasteiger partial charge is 0.309 e. The van der Waals surface area contributed by atoms with Gasteiger partial charge in [0, 0.05) is 6.54 Å². The van der Waals surface area contributed by atoms with E-state index in [0.29, 0.717) is 28.4 Å². The Kier molecular flexibility index (Phi) is 5.29. The Balaban J connectivity index is 2.10. The maximum Gasteiger partial charge on any atom is 0.309 e.